The van der Waals surface area contributed by atoms with Crippen LogP contribution >= 0.6 is 0 Å². The van der Waals surface area contributed by atoms with Crippen molar-refractivity contribution in [1.82, 2.24) is 36.0 Å². The van der Waals surface area contributed by atoms with Gasteiger partial charge in [-0.05, 0) is 17.2 Å². The van der Waals surface area contributed by atoms with Crippen LogP contribution in [0, 0.1) is 0 Å². The van der Waals surface area contributed by atoms with Crippen LogP contribution < -0.4 is 26.0 Å². The molecule has 2 aromatic heterocycles. The molecule has 1 atom stereocenters. The lowest BCUT2D eigenvalue weighted by atomic mass is 10.0. The van der Waals surface area contributed by atoms with E-state index in [1.165, 1.54) is 0 Å². The molecule has 0 spiro atoms. The van der Waals surface area contributed by atoms with Gasteiger partial charge >= 0.3 is 23.9 Å². The fraction of sp³-hybridized carbons (Fsp3) is 0.312. The number of nitrogens with zero attached hydrogens (tertiary/aromatic N) is 3. The number of benzene rings is 1. The summed E-state index contributed by atoms with van der Waals surface area (Å²) >= 11 is 0. The van der Waals surface area contributed by atoms with Crippen molar-refractivity contribution in [3.05, 3.63) is 72.2 Å². The summed E-state index contributed by atoms with van der Waals surface area (Å²) < 4.78 is 26.6. The maximum atomic E-state index is 13.0. The fourth-order valence-corrected chi connectivity index (χ4v) is 4.14. The minimum Gasteiger partial charge on any atom is -0.454 e. The number of ether oxygens (including phenoxy) is 5. The quantitative estimate of drug-likeness (QED) is 0.154. The Bertz CT molecular complexity index is 1760. The number of cyclic esters (lactones) is 4. The molecule has 20 heteroatoms. The van der Waals surface area contributed by atoms with Gasteiger partial charge in [-0.25, -0.2) is 9.78 Å². The molecular weight excluding hydrogens is 690 g/mol. The highest BCUT2D eigenvalue weighted by molar-refractivity contribution is 5.90. The molecule has 0 aliphatic carbocycles. The van der Waals surface area contributed by atoms with Crippen LogP contribution in [0.15, 0.2) is 61.1 Å². The summed E-state index contributed by atoms with van der Waals surface area (Å²) in [5.74, 6) is -6.73. The predicted molar refractivity (Wildman–Crippen MR) is 171 cm³/mol. The van der Waals surface area contributed by atoms with Crippen molar-refractivity contribution in [2.75, 3.05) is 46.1 Å². The highest BCUT2D eigenvalue weighted by atomic mass is 16.6. The van der Waals surface area contributed by atoms with Crippen LogP contribution in [0.2, 0.25) is 0 Å². The van der Waals surface area contributed by atoms with E-state index in [2.05, 4.69) is 36.1 Å². The third-order valence-corrected chi connectivity index (χ3v) is 6.62. The first kappa shape index (κ1) is 38.0. The average molecular weight is 724 g/mol. The zero-order chi connectivity index (χ0) is 37.3. The highest BCUT2D eigenvalue weighted by Gasteiger charge is 2.25. The van der Waals surface area contributed by atoms with Gasteiger partial charge in [0.15, 0.2) is 32.2 Å². The Labute approximate surface area is 294 Å². The van der Waals surface area contributed by atoms with Crippen LogP contribution in [0.5, 0.6) is 11.6 Å². The highest BCUT2D eigenvalue weighted by Crippen LogP contribution is 2.18. The van der Waals surface area contributed by atoms with Gasteiger partial charge in [-0.2, -0.15) is 5.10 Å². The van der Waals surface area contributed by atoms with Crippen molar-refractivity contribution < 1.29 is 62.0 Å². The monoisotopic (exact) mass is 723 g/mol. The van der Waals surface area contributed by atoms with Gasteiger partial charge in [-0.3, -0.25) is 38.2 Å². The first-order valence-electron chi connectivity index (χ1n) is 15.4. The van der Waals surface area contributed by atoms with E-state index in [0.29, 0.717) is 23.7 Å². The topological polar surface area (TPSA) is 262 Å². The zero-order valence-corrected chi connectivity index (χ0v) is 27.4. The molecule has 3 aromatic rings. The van der Waals surface area contributed by atoms with E-state index in [1.54, 1.807) is 65.7 Å². The third-order valence-electron chi connectivity index (χ3n) is 6.62. The Morgan fingerprint density at radius 1 is 0.673 bits per heavy atom. The van der Waals surface area contributed by atoms with Crippen LogP contribution in [0.4, 0.5) is 0 Å². The predicted octanol–water partition coefficient (Wildman–Crippen LogP) is -2.32. The van der Waals surface area contributed by atoms with Gasteiger partial charge in [0.25, 0.3) is 23.6 Å². The van der Waals surface area contributed by atoms with Crippen LogP contribution in [0.1, 0.15) is 11.1 Å². The molecule has 274 valence electrons. The SMILES string of the molecule is O=C1COC(=O)CNC(=O)COC(=O)C(Cc2ccc(Cn3cc(Oc4ccccn4)cn3)cc2)NC(=O)COC(=O)CNC(=O)COC(=O)CN1. The number of esters is 4. The molecule has 1 unspecified atom stereocenters. The second kappa shape index (κ2) is 19.4. The van der Waals surface area contributed by atoms with Crippen LogP contribution in [0.25, 0.3) is 0 Å². The molecule has 1 aromatic carbocycles. The molecule has 0 radical (unpaired) electrons. The largest absolute Gasteiger partial charge is 0.454 e. The lowest BCUT2D eigenvalue weighted by molar-refractivity contribution is -0.154. The summed E-state index contributed by atoms with van der Waals surface area (Å²) in [5, 5.41) is 13.0. The smallest absolute Gasteiger partial charge is 0.329 e. The number of rotatable bonds is 6. The number of amides is 4. The number of carbonyl (C=O) groups excluding carboxylic acids is 8. The number of nitrogens with one attached hydrogen (secondary N) is 4. The molecule has 20 nitrogen and oxygen atoms in total. The second-order valence-corrected chi connectivity index (χ2v) is 10.7. The number of pyridine rings is 1. The molecule has 1 aliphatic rings. The van der Waals surface area contributed by atoms with Crippen molar-refractivity contribution >= 4 is 47.5 Å². The lowest BCUT2D eigenvalue weighted by Gasteiger charge is -2.18. The fourth-order valence-electron chi connectivity index (χ4n) is 4.14. The summed E-state index contributed by atoms with van der Waals surface area (Å²) in [7, 11) is 0. The Morgan fingerprint density at radius 3 is 1.77 bits per heavy atom. The first-order chi connectivity index (χ1) is 25.0. The normalized spacial score (nSPS) is 17.8. The van der Waals surface area contributed by atoms with E-state index >= 15 is 0 Å². The molecule has 4 amide bonds. The third kappa shape index (κ3) is 13.6. The standard InChI is InChI=1S/C32H33N7O13/c40-24-16-49-30(45)12-36-26(42)18-51-32(47)23(38-27(43)19-50-31(46)13-35-25(41)17-48-29(44)11-34-24)9-20-4-6-21(7-5-20)14-39-15-22(10-37-39)52-28-3-1-2-8-33-28/h1-8,10,15,23H,9,11-14,16-19H2,(H,34,40)(H,35,41)(H,36,42)(H,38,43). The summed E-state index contributed by atoms with van der Waals surface area (Å²) in [6, 6.07) is 10.9. The van der Waals surface area contributed by atoms with E-state index < -0.39 is 99.6 Å². The van der Waals surface area contributed by atoms with Crippen LogP contribution in [0.3, 0.4) is 0 Å². The Hall–Kier alpha value is -6.86. The van der Waals surface area contributed by atoms with E-state index in [0.717, 1.165) is 5.56 Å². The maximum absolute atomic E-state index is 13.0. The molecule has 4 rings (SSSR count). The molecule has 1 saturated heterocycles. The zero-order valence-electron chi connectivity index (χ0n) is 27.4. The van der Waals surface area contributed by atoms with Crippen LogP contribution in [-0.2, 0) is 70.3 Å². The molecule has 1 fully saturated rings. The van der Waals surface area contributed by atoms with Crippen molar-refractivity contribution in [2.24, 2.45) is 0 Å². The van der Waals surface area contributed by atoms with Gasteiger partial charge in [0.2, 0.25) is 5.88 Å². The van der Waals surface area contributed by atoms with Crippen molar-refractivity contribution in [2.45, 2.75) is 19.0 Å². The van der Waals surface area contributed by atoms with Crippen molar-refractivity contribution in [1.29, 1.82) is 0 Å². The first-order valence-corrected chi connectivity index (χ1v) is 15.4. The number of hydrogen-bond acceptors (Lipinski definition) is 15. The van der Waals surface area contributed by atoms with Gasteiger partial charge in [0.05, 0.1) is 18.9 Å². The van der Waals surface area contributed by atoms with Crippen LogP contribution in [-0.4, -0.2) is 114 Å². The van der Waals surface area contributed by atoms with Gasteiger partial charge in [0.1, 0.15) is 25.7 Å². The minimum absolute atomic E-state index is 0.104. The Morgan fingerprint density at radius 2 is 1.21 bits per heavy atom. The molecular formula is C32H33N7O13. The molecule has 0 bridgehead atoms. The average Bonchev–Trinajstić information content (AvgIpc) is 3.58. The number of hydrogen-bond donors (Lipinski definition) is 4. The van der Waals surface area contributed by atoms with E-state index in [4.69, 9.17) is 18.9 Å². The van der Waals surface area contributed by atoms with E-state index in [9.17, 15) is 38.4 Å². The lowest BCUT2D eigenvalue weighted by Crippen LogP contribution is -2.46. The van der Waals surface area contributed by atoms with Crippen molar-refractivity contribution in [3.63, 3.8) is 0 Å². The Kier molecular flexibility index (Phi) is 14.1. The van der Waals surface area contributed by atoms with Gasteiger partial charge in [0, 0.05) is 18.7 Å². The summed E-state index contributed by atoms with van der Waals surface area (Å²) in [5.41, 5.74) is 1.42. The minimum atomic E-state index is -1.36. The second-order valence-electron chi connectivity index (χ2n) is 10.7. The van der Waals surface area contributed by atoms with E-state index in [1.807, 2.05) is 0 Å². The molecule has 1 aliphatic heterocycles. The van der Waals surface area contributed by atoms with Gasteiger partial charge in [-0.1, -0.05) is 30.3 Å². The summed E-state index contributed by atoms with van der Waals surface area (Å²) in [6.07, 6.45) is 4.74. The number of carbonyl (C=O) groups is 8. The molecule has 4 N–H and O–H groups in total. The van der Waals surface area contributed by atoms with Gasteiger partial charge < -0.3 is 45.0 Å². The van der Waals surface area contributed by atoms with Gasteiger partial charge in [-0.15, -0.1) is 0 Å². The summed E-state index contributed by atoms with van der Waals surface area (Å²) in [6.45, 7) is -4.93. The molecule has 52 heavy (non-hydrogen) atoms. The molecule has 3 heterocycles. The Balaban J connectivity index is 1.37. The van der Waals surface area contributed by atoms with Crippen molar-refractivity contribution in [3.8, 4) is 11.6 Å². The molecule has 0 saturated carbocycles. The summed E-state index contributed by atoms with van der Waals surface area (Å²) in [4.78, 5) is 101. The number of aromatic nitrogens is 3. The maximum Gasteiger partial charge on any atom is 0.329 e. The van der Waals surface area contributed by atoms with E-state index in [-0.39, 0.29) is 6.42 Å².